The third-order valence-electron chi connectivity index (χ3n) is 4.34. The minimum atomic E-state index is -0.185. The highest BCUT2D eigenvalue weighted by molar-refractivity contribution is 14.0. The van der Waals surface area contributed by atoms with Crippen molar-refractivity contribution in [3.05, 3.63) is 59.4 Å². The average Bonchev–Trinajstić information content (AvgIpc) is 2.70. The molecule has 158 valence electrons. The molecule has 0 radical (unpaired) electrons. The van der Waals surface area contributed by atoms with Crippen LogP contribution in [-0.2, 0) is 13.1 Å². The molecule has 2 aromatic rings. The van der Waals surface area contributed by atoms with E-state index in [-0.39, 0.29) is 35.9 Å². The maximum absolute atomic E-state index is 13.9. The minimum Gasteiger partial charge on any atom is -0.486 e. The van der Waals surface area contributed by atoms with Gasteiger partial charge in [-0.2, -0.15) is 0 Å². The Kier molecular flexibility index (Phi) is 8.97. The van der Waals surface area contributed by atoms with Gasteiger partial charge in [0.2, 0.25) is 0 Å². The molecule has 3 rings (SSSR count). The summed E-state index contributed by atoms with van der Waals surface area (Å²) in [7, 11) is 5.56. The van der Waals surface area contributed by atoms with Crippen LogP contribution in [-0.4, -0.2) is 51.3 Å². The van der Waals surface area contributed by atoms with Crippen LogP contribution in [0.25, 0.3) is 0 Å². The van der Waals surface area contributed by atoms with Crippen LogP contribution in [0.1, 0.15) is 11.1 Å². The summed E-state index contributed by atoms with van der Waals surface area (Å²) in [5.41, 5.74) is 1.67. The second-order valence-corrected chi connectivity index (χ2v) is 6.97. The lowest BCUT2D eigenvalue weighted by Crippen LogP contribution is -2.45. The fourth-order valence-corrected chi connectivity index (χ4v) is 2.98. The van der Waals surface area contributed by atoms with Crippen molar-refractivity contribution in [2.75, 3.05) is 34.3 Å². The molecule has 0 saturated carbocycles. The molecule has 8 heteroatoms. The smallest absolute Gasteiger partial charge is 0.191 e. The topological polar surface area (TPSA) is 58.1 Å². The number of fused-ring (bicyclic) bond motifs is 1. The van der Waals surface area contributed by atoms with Gasteiger partial charge in [0, 0.05) is 25.7 Å². The van der Waals surface area contributed by atoms with E-state index in [1.165, 1.54) is 6.07 Å². The molecule has 0 amide bonds. The quantitative estimate of drug-likeness (QED) is 0.353. The Labute approximate surface area is 188 Å². The second kappa shape index (κ2) is 11.2. The van der Waals surface area contributed by atoms with Crippen LogP contribution in [0.4, 0.5) is 4.39 Å². The molecule has 29 heavy (non-hydrogen) atoms. The largest absolute Gasteiger partial charge is 0.486 e. The Bertz CT molecular complexity index is 832. The van der Waals surface area contributed by atoms with E-state index in [1.807, 2.05) is 49.3 Å². The van der Waals surface area contributed by atoms with Gasteiger partial charge in [-0.1, -0.05) is 18.2 Å². The summed E-state index contributed by atoms with van der Waals surface area (Å²) in [6.07, 6.45) is -0.106. The van der Waals surface area contributed by atoms with Crippen LogP contribution >= 0.6 is 24.0 Å². The normalized spacial score (nSPS) is 15.6. The maximum Gasteiger partial charge on any atom is 0.191 e. The summed E-state index contributed by atoms with van der Waals surface area (Å²) in [5.74, 6) is 1.99. The van der Waals surface area contributed by atoms with Crippen molar-refractivity contribution in [3.63, 3.8) is 0 Å². The SMILES string of the molecule is CN=C(NCc1ccc(F)c(CN(C)C)c1)NCC1COc2ccccc2O1.I. The number of aliphatic imine (C=N–C) groups is 1. The van der Waals surface area contributed by atoms with Gasteiger partial charge in [-0.25, -0.2) is 4.39 Å². The van der Waals surface area contributed by atoms with Gasteiger partial charge in [0.05, 0.1) is 6.54 Å². The molecule has 0 aliphatic carbocycles. The third-order valence-corrected chi connectivity index (χ3v) is 4.34. The molecule has 0 spiro atoms. The molecule has 1 aliphatic heterocycles. The fourth-order valence-electron chi connectivity index (χ4n) is 2.98. The van der Waals surface area contributed by atoms with Crippen LogP contribution in [0.2, 0.25) is 0 Å². The van der Waals surface area contributed by atoms with Crippen LogP contribution in [0.5, 0.6) is 11.5 Å². The van der Waals surface area contributed by atoms with Crippen molar-refractivity contribution in [1.82, 2.24) is 15.5 Å². The Morgan fingerprint density at radius 1 is 1.17 bits per heavy atom. The van der Waals surface area contributed by atoms with Gasteiger partial charge in [0.25, 0.3) is 0 Å². The first-order valence-corrected chi connectivity index (χ1v) is 9.30. The first kappa shape index (κ1) is 23.2. The van der Waals surface area contributed by atoms with E-state index < -0.39 is 0 Å². The standard InChI is InChI=1S/C21H27FN4O2.HI/c1-23-21(24-11-15-8-9-18(22)16(10-15)13-26(2)3)25-12-17-14-27-19-6-4-5-7-20(19)28-17;/h4-10,17H,11-14H2,1-3H3,(H2,23,24,25);1H. The highest BCUT2D eigenvalue weighted by atomic mass is 127. The van der Waals surface area contributed by atoms with E-state index in [4.69, 9.17) is 9.47 Å². The van der Waals surface area contributed by atoms with Gasteiger partial charge in [-0.05, 0) is 43.9 Å². The molecule has 0 bridgehead atoms. The zero-order chi connectivity index (χ0) is 19.9. The number of hydrogen-bond acceptors (Lipinski definition) is 4. The summed E-state index contributed by atoms with van der Waals surface area (Å²) < 4.78 is 25.6. The number of rotatable bonds is 6. The molecule has 0 saturated heterocycles. The molecule has 1 aliphatic rings. The lowest BCUT2D eigenvalue weighted by molar-refractivity contribution is 0.0936. The fraction of sp³-hybridized carbons (Fsp3) is 0.381. The molecule has 6 nitrogen and oxygen atoms in total. The van der Waals surface area contributed by atoms with Gasteiger partial charge in [0.1, 0.15) is 18.5 Å². The number of benzene rings is 2. The second-order valence-electron chi connectivity index (χ2n) is 6.97. The summed E-state index contributed by atoms with van der Waals surface area (Å²) in [6.45, 7) is 2.15. The molecule has 1 atom stereocenters. The van der Waals surface area contributed by atoms with E-state index in [0.29, 0.717) is 37.8 Å². The summed E-state index contributed by atoms with van der Waals surface area (Å²) in [6, 6.07) is 12.8. The molecular formula is C21H28FIN4O2. The zero-order valence-corrected chi connectivity index (χ0v) is 19.3. The molecule has 2 aromatic carbocycles. The summed E-state index contributed by atoms with van der Waals surface area (Å²) in [4.78, 5) is 6.18. The van der Waals surface area contributed by atoms with Crippen molar-refractivity contribution in [3.8, 4) is 11.5 Å². The van der Waals surface area contributed by atoms with Crippen LogP contribution < -0.4 is 20.1 Å². The number of halogens is 2. The number of guanidine groups is 1. The van der Waals surface area contributed by atoms with E-state index >= 15 is 0 Å². The number of para-hydroxylation sites is 2. The lowest BCUT2D eigenvalue weighted by atomic mass is 10.1. The molecule has 0 aromatic heterocycles. The number of nitrogens with zero attached hydrogens (tertiary/aromatic N) is 2. The molecule has 1 unspecified atom stereocenters. The average molecular weight is 514 g/mol. The minimum absolute atomic E-state index is 0. The Morgan fingerprint density at radius 3 is 2.66 bits per heavy atom. The molecule has 1 heterocycles. The Hall–Kier alpha value is -2.07. The van der Waals surface area contributed by atoms with E-state index in [9.17, 15) is 4.39 Å². The van der Waals surface area contributed by atoms with Gasteiger partial charge >= 0.3 is 0 Å². The van der Waals surface area contributed by atoms with Crippen LogP contribution in [0.15, 0.2) is 47.5 Å². The highest BCUT2D eigenvalue weighted by Crippen LogP contribution is 2.30. The summed E-state index contributed by atoms with van der Waals surface area (Å²) >= 11 is 0. The highest BCUT2D eigenvalue weighted by Gasteiger charge is 2.20. The van der Waals surface area contributed by atoms with Gasteiger partial charge < -0.3 is 25.0 Å². The molecular weight excluding hydrogens is 486 g/mol. The van der Waals surface area contributed by atoms with Crippen molar-refractivity contribution < 1.29 is 13.9 Å². The first-order chi connectivity index (χ1) is 13.5. The van der Waals surface area contributed by atoms with Crippen molar-refractivity contribution >= 4 is 29.9 Å². The van der Waals surface area contributed by atoms with E-state index in [2.05, 4.69) is 15.6 Å². The van der Waals surface area contributed by atoms with Crippen LogP contribution in [0.3, 0.4) is 0 Å². The van der Waals surface area contributed by atoms with E-state index in [1.54, 1.807) is 13.1 Å². The first-order valence-electron chi connectivity index (χ1n) is 9.30. The summed E-state index contributed by atoms with van der Waals surface area (Å²) in [5, 5.41) is 6.50. The monoisotopic (exact) mass is 514 g/mol. The van der Waals surface area contributed by atoms with Crippen molar-refractivity contribution in [2.45, 2.75) is 19.2 Å². The molecule has 0 fully saturated rings. The number of hydrogen-bond donors (Lipinski definition) is 2. The van der Waals surface area contributed by atoms with E-state index in [0.717, 1.165) is 17.1 Å². The predicted octanol–water partition coefficient (Wildman–Crippen LogP) is 3.01. The Morgan fingerprint density at radius 2 is 1.93 bits per heavy atom. The Balaban J connectivity index is 0.00000300. The molecule has 2 N–H and O–H groups in total. The van der Waals surface area contributed by atoms with Crippen molar-refractivity contribution in [1.29, 1.82) is 0 Å². The number of ether oxygens (including phenoxy) is 2. The lowest BCUT2D eigenvalue weighted by Gasteiger charge is -2.27. The van der Waals surface area contributed by atoms with Gasteiger partial charge in [-0.3, -0.25) is 4.99 Å². The predicted molar refractivity (Wildman–Crippen MR) is 124 cm³/mol. The van der Waals surface area contributed by atoms with Crippen molar-refractivity contribution in [2.24, 2.45) is 4.99 Å². The van der Waals surface area contributed by atoms with Gasteiger partial charge in [0.15, 0.2) is 17.5 Å². The number of nitrogens with one attached hydrogen (secondary N) is 2. The maximum atomic E-state index is 13.9. The van der Waals surface area contributed by atoms with Gasteiger partial charge in [-0.15, -0.1) is 24.0 Å². The third kappa shape index (κ3) is 6.74. The zero-order valence-electron chi connectivity index (χ0n) is 16.9. The van der Waals surface area contributed by atoms with Crippen LogP contribution in [0, 0.1) is 5.82 Å².